The Labute approximate surface area is 162 Å². The molecule has 2 aliphatic heterocycles. The summed E-state index contributed by atoms with van der Waals surface area (Å²) in [6, 6.07) is 3.59. The Bertz CT molecular complexity index is 903. The molecular formula is C19H21N3O6. The summed E-state index contributed by atoms with van der Waals surface area (Å²) in [5.74, 6) is 0.418. The lowest BCUT2D eigenvalue weighted by molar-refractivity contribution is -0.138. The number of hydrogen-bond donors (Lipinski definition) is 1. The molecule has 9 nitrogen and oxygen atoms in total. The second kappa shape index (κ2) is 8.03. The molecule has 0 atom stereocenters. The van der Waals surface area contributed by atoms with Crippen LogP contribution in [0.5, 0.6) is 11.5 Å². The van der Waals surface area contributed by atoms with E-state index in [0.717, 1.165) is 17.3 Å². The summed E-state index contributed by atoms with van der Waals surface area (Å²) >= 11 is 0. The monoisotopic (exact) mass is 387 g/mol. The normalized spacial score (nSPS) is 16.6. The van der Waals surface area contributed by atoms with E-state index in [1.807, 2.05) is 4.90 Å². The number of methoxy groups -OCH3 is 4. The topological polar surface area (TPSA) is 98.7 Å². The molecule has 1 aromatic carbocycles. The van der Waals surface area contributed by atoms with Crippen LogP contribution in [0.3, 0.4) is 0 Å². The molecule has 0 bridgehead atoms. The standard InChI is InChI=1S/C19H21N3O6/c1-25-15-9-12-13(10-16(15)26-2)21-19-20-5-6-22(19)14(12)7-11(18(24)28-4)8-17(23)27-3/h7-10H,5-6H2,1-4H3,(H,20,21)/b11-8-,14-7-. The molecule has 0 radical (unpaired) electrons. The third kappa shape index (κ3) is 3.51. The van der Waals surface area contributed by atoms with E-state index >= 15 is 0 Å². The molecule has 0 saturated heterocycles. The Kier molecular flexibility index (Phi) is 5.53. The second-order valence-corrected chi connectivity index (χ2v) is 5.88. The fourth-order valence-electron chi connectivity index (χ4n) is 3.02. The van der Waals surface area contributed by atoms with E-state index in [2.05, 4.69) is 15.0 Å². The zero-order valence-corrected chi connectivity index (χ0v) is 16.1. The minimum Gasteiger partial charge on any atom is -0.493 e. The smallest absolute Gasteiger partial charge is 0.338 e. The number of hydrogen-bond acceptors (Lipinski definition) is 9. The Balaban J connectivity index is 2.19. The molecule has 0 saturated carbocycles. The number of nitrogens with zero attached hydrogens (tertiary/aromatic N) is 2. The van der Waals surface area contributed by atoms with Gasteiger partial charge in [-0.3, -0.25) is 4.99 Å². The SMILES string of the molecule is COC(=O)/C=C(/C=C1/c2cc(OC)c(OC)cc2NC2=NCCN21)C(=O)OC. The minimum absolute atomic E-state index is 0.0539. The first-order chi connectivity index (χ1) is 13.5. The van der Waals surface area contributed by atoms with Crippen LogP contribution in [-0.2, 0) is 19.1 Å². The van der Waals surface area contributed by atoms with Crippen molar-refractivity contribution in [3.63, 3.8) is 0 Å². The number of nitrogens with one attached hydrogen (secondary N) is 1. The van der Waals surface area contributed by atoms with Gasteiger partial charge in [-0.05, 0) is 12.1 Å². The molecule has 9 heteroatoms. The predicted molar refractivity (Wildman–Crippen MR) is 102 cm³/mol. The van der Waals surface area contributed by atoms with E-state index in [1.165, 1.54) is 14.2 Å². The summed E-state index contributed by atoms with van der Waals surface area (Å²) in [6.45, 7) is 1.21. The highest BCUT2D eigenvalue weighted by atomic mass is 16.5. The number of esters is 2. The molecule has 1 N–H and O–H groups in total. The molecule has 1 aromatic rings. The maximum atomic E-state index is 12.2. The average Bonchev–Trinajstić information content (AvgIpc) is 3.19. The third-order valence-electron chi connectivity index (χ3n) is 4.37. The van der Waals surface area contributed by atoms with Crippen molar-refractivity contribution in [3.8, 4) is 11.5 Å². The van der Waals surface area contributed by atoms with Crippen molar-refractivity contribution in [3.05, 3.63) is 35.4 Å². The predicted octanol–water partition coefficient (Wildman–Crippen LogP) is 1.41. The number of anilines is 1. The highest BCUT2D eigenvalue weighted by molar-refractivity contribution is 6.09. The number of fused-ring (bicyclic) bond motifs is 2. The zero-order valence-electron chi connectivity index (χ0n) is 16.1. The van der Waals surface area contributed by atoms with Crippen LogP contribution in [0.25, 0.3) is 5.70 Å². The number of ether oxygens (including phenoxy) is 4. The van der Waals surface area contributed by atoms with Crippen molar-refractivity contribution in [1.29, 1.82) is 0 Å². The molecule has 0 amide bonds. The van der Waals surface area contributed by atoms with Crippen molar-refractivity contribution in [1.82, 2.24) is 4.90 Å². The van der Waals surface area contributed by atoms with Crippen molar-refractivity contribution < 1.29 is 28.5 Å². The Hall–Kier alpha value is -3.49. The van der Waals surface area contributed by atoms with E-state index < -0.39 is 11.9 Å². The summed E-state index contributed by atoms with van der Waals surface area (Å²) < 4.78 is 20.2. The summed E-state index contributed by atoms with van der Waals surface area (Å²) in [4.78, 5) is 30.3. The molecule has 28 heavy (non-hydrogen) atoms. The maximum absolute atomic E-state index is 12.2. The van der Waals surface area contributed by atoms with Crippen molar-refractivity contribution in [2.75, 3.05) is 46.8 Å². The second-order valence-electron chi connectivity index (χ2n) is 5.88. The number of guanidine groups is 1. The van der Waals surface area contributed by atoms with E-state index in [9.17, 15) is 9.59 Å². The van der Waals surface area contributed by atoms with Gasteiger partial charge in [0.2, 0.25) is 5.96 Å². The lowest BCUT2D eigenvalue weighted by Crippen LogP contribution is -2.36. The van der Waals surface area contributed by atoms with Crippen LogP contribution in [0.15, 0.2) is 34.9 Å². The molecular weight excluding hydrogens is 366 g/mol. The summed E-state index contributed by atoms with van der Waals surface area (Å²) in [5, 5.41) is 3.26. The van der Waals surface area contributed by atoms with Crippen LogP contribution in [0.2, 0.25) is 0 Å². The highest BCUT2D eigenvalue weighted by Crippen LogP contribution is 2.41. The summed E-state index contributed by atoms with van der Waals surface area (Å²) in [5.41, 5.74) is 2.23. The van der Waals surface area contributed by atoms with Gasteiger partial charge in [-0.25, -0.2) is 9.59 Å². The van der Waals surface area contributed by atoms with Crippen molar-refractivity contribution in [2.24, 2.45) is 4.99 Å². The van der Waals surface area contributed by atoms with Gasteiger partial charge in [0.25, 0.3) is 0 Å². The van der Waals surface area contributed by atoms with Gasteiger partial charge in [0, 0.05) is 24.3 Å². The first-order valence-electron chi connectivity index (χ1n) is 8.47. The Morgan fingerprint density at radius 3 is 2.46 bits per heavy atom. The number of carbonyl (C=O) groups excluding carboxylic acids is 2. The first-order valence-corrected chi connectivity index (χ1v) is 8.47. The molecule has 0 unspecified atom stereocenters. The average molecular weight is 387 g/mol. The van der Waals surface area contributed by atoms with Crippen LogP contribution in [-0.4, -0.2) is 64.3 Å². The van der Waals surface area contributed by atoms with Gasteiger partial charge in [0.05, 0.1) is 51.9 Å². The number of aliphatic imine (C=N–C) groups is 1. The lowest BCUT2D eigenvalue weighted by Gasteiger charge is -2.32. The molecule has 148 valence electrons. The lowest BCUT2D eigenvalue weighted by atomic mass is 10.0. The first kappa shape index (κ1) is 19.3. The van der Waals surface area contributed by atoms with Crippen LogP contribution in [0.4, 0.5) is 5.69 Å². The van der Waals surface area contributed by atoms with Gasteiger partial charge < -0.3 is 29.2 Å². The van der Waals surface area contributed by atoms with Crippen molar-refractivity contribution >= 4 is 29.3 Å². The number of carbonyl (C=O) groups is 2. The van der Waals surface area contributed by atoms with Crippen LogP contribution in [0.1, 0.15) is 5.56 Å². The number of benzene rings is 1. The van der Waals surface area contributed by atoms with Gasteiger partial charge >= 0.3 is 11.9 Å². The van der Waals surface area contributed by atoms with Gasteiger partial charge in [-0.15, -0.1) is 0 Å². The quantitative estimate of drug-likeness (QED) is 0.598. The van der Waals surface area contributed by atoms with E-state index in [-0.39, 0.29) is 5.57 Å². The molecule has 2 heterocycles. The molecule has 2 aliphatic rings. The molecule has 0 fully saturated rings. The van der Waals surface area contributed by atoms with Crippen LogP contribution >= 0.6 is 0 Å². The van der Waals surface area contributed by atoms with E-state index in [4.69, 9.17) is 14.2 Å². The fraction of sp³-hybridized carbons (Fsp3) is 0.316. The van der Waals surface area contributed by atoms with Gasteiger partial charge in [-0.1, -0.05) is 0 Å². The van der Waals surface area contributed by atoms with Crippen LogP contribution < -0.4 is 14.8 Å². The van der Waals surface area contributed by atoms with Gasteiger partial charge in [0.15, 0.2) is 11.5 Å². The Morgan fingerprint density at radius 2 is 1.82 bits per heavy atom. The molecule has 3 rings (SSSR count). The summed E-state index contributed by atoms with van der Waals surface area (Å²) in [6.07, 6.45) is 2.67. The highest BCUT2D eigenvalue weighted by Gasteiger charge is 2.31. The summed E-state index contributed by atoms with van der Waals surface area (Å²) in [7, 11) is 5.59. The van der Waals surface area contributed by atoms with Crippen LogP contribution in [0, 0.1) is 0 Å². The molecule has 0 aliphatic carbocycles. The number of rotatable bonds is 5. The van der Waals surface area contributed by atoms with Gasteiger partial charge in [0.1, 0.15) is 0 Å². The molecule has 0 aromatic heterocycles. The zero-order chi connectivity index (χ0) is 20.3. The third-order valence-corrected chi connectivity index (χ3v) is 4.37. The Morgan fingerprint density at radius 1 is 1.11 bits per heavy atom. The molecule has 0 spiro atoms. The van der Waals surface area contributed by atoms with E-state index in [1.54, 1.807) is 32.4 Å². The van der Waals surface area contributed by atoms with Crippen molar-refractivity contribution in [2.45, 2.75) is 0 Å². The maximum Gasteiger partial charge on any atom is 0.338 e. The van der Waals surface area contributed by atoms with Gasteiger partial charge in [-0.2, -0.15) is 0 Å². The minimum atomic E-state index is -0.658. The largest absolute Gasteiger partial charge is 0.493 e. The fourth-order valence-corrected chi connectivity index (χ4v) is 3.02. The van der Waals surface area contributed by atoms with E-state index in [0.29, 0.717) is 36.2 Å².